The van der Waals surface area contributed by atoms with Crippen LogP contribution >= 0.6 is 0 Å². The second-order valence-corrected chi connectivity index (χ2v) is 5.70. The van der Waals surface area contributed by atoms with Crippen LogP contribution < -0.4 is 0 Å². The molecule has 1 aromatic rings. The lowest BCUT2D eigenvalue weighted by atomic mass is 9.94. The standard InChI is InChI=1S/C16H19F3N2O3/c1-2-6-21(11-16(17,18)19)14(22)12-3-7-20(8-4-12)15(23)13-5-9-24-10-13/h2,5,9-10,12H,1,3-4,6-8,11H2. The molecular formula is C16H19F3N2O3. The van der Waals surface area contributed by atoms with Crippen LogP contribution in [0.4, 0.5) is 13.2 Å². The zero-order chi connectivity index (χ0) is 17.7. The van der Waals surface area contributed by atoms with Gasteiger partial charge in [0.25, 0.3) is 5.91 Å². The number of amides is 2. The molecule has 1 fully saturated rings. The predicted molar refractivity (Wildman–Crippen MR) is 80.2 cm³/mol. The lowest BCUT2D eigenvalue weighted by Crippen LogP contribution is -2.46. The van der Waals surface area contributed by atoms with Crippen molar-refractivity contribution >= 4 is 11.8 Å². The lowest BCUT2D eigenvalue weighted by molar-refractivity contribution is -0.163. The highest BCUT2D eigenvalue weighted by Crippen LogP contribution is 2.24. The fraction of sp³-hybridized carbons (Fsp3) is 0.500. The molecular weight excluding hydrogens is 325 g/mol. The number of furan rings is 1. The summed E-state index contributed by atoms with van der Waals surface area (Å²) in [6.07, 6.45) is 0.252. The van der Waals surface area contributed by atoms with Crippen LogP contribution in [0.2, 0.25) is 0 Å². The van der Waals surface area contributed by atoms with Gasteiger partial charge in [-0.3, -0.25) is 9.59 Å². The Hall–Kier alpha value is -2.25. The molecule has 1 aliphatic rings. The van der Waals surface area contributed by atoms with Crippen molar-refractivity contribution in [2.45, 2.75) is 19.0 Å². The van der Waals surface area contributed by atoms with Gasteiger partial charge in [0.1, 0.15) is 12.8 Å². The van der Waals surface area contributed by atoms with Crippen LogP contribution in [0.1, 0.15) is 23.2 Å². The topological polar surface area (TPSA) is 53.8 Å². The van der Waals surface area contributed by atoms with Crippen molar-refractivity contribution < 1.29 is 27.2 Å². The minimum Gasteiger partial charge on any atom is -0.472 e. The number of likely N-dealkylation sites (tertiary alicyclic amines) is 1. The zero-order valence-electron chi connectivity index (χ0n) is 13.1. The maximum Gasteiger partial charge on any atom is 0.406 e. The molecule has 2 heterocycles. The van der Waals surface area contributed by atoms with Crippen LogP contribution in [0.15, 0.2) is 35.7 Å². The van der Waals surface area contributed by atoms with Crippen molar-refractivity contribution in [3.05, 3.63) is 36.8 Å². The summed E-state index contributed by atoms with van der Waals surface area (Å²) in [5.41, 5.74) is 0.421. The number of carbonyl (C=O) groups is 2. The molecule has 0 atom stereocenters. The van der Waals surface area contributed by atoms with E-state index in [1.54, 1.807) is 11.0 Å². The molecule has 0 aromatic carbocycles. The highest BCUT2D eigenvalue weighted by atomic mass is 19.4. The number of alkyl halides is 3. The van der Waals surface area contributed by atoms with Gasteiger partial charge in [-0.15, -0.1) is 6.58 Å². The summed E-state index contributed by atoms with van der Waals surface area (Å²) in [5, 5.41) is 0. The van der Waals surface area contributed by atoms with Gasteiger partial charge in [-0.25, -0.2) is 0 Å². The van der Waals surface area contributed by atoms with E-state index in [-0.39, 0.29) is 12.5 Å². The molecule has 0 spiro atoms. The van der Waals surface area contributed by atoms with E-state index in [0.717, 1.165) is 4.90 Å². The second kappa shape index (κ2) is 7.55. The molecule has 0 radical (unpaired) electrons. The molecule has 0 unspecified atom stereocenters. The summed E-state index contributed by atoms with van der Waals surface area (Å²) in [4.78, 5) is 26.8. The number of nitrogens with zero attached hydrogens (tertiary/aromatic N) is 2. The van der Waals surface area contributed by atoms with Gasteiger partial charge in [-0.2, -0.15) is 13.2 Å². The van der Waals surface area contributed by atoms with Gasteiger partial charge >= 0.3 is 6.18 Å². The third-order valence-corrected chi connectivity index (χ3v) is 3.93. The molecule has 1 saturated heterocycles. The fourth-order valence-electron chi connectivity index (χ4n) is 2.76. The second-order valence-electron chi connectivity index (χ2n) is 5.70. The Bertz CT molecular complexity index is 576. The van der Waals surface area contributed by atoms with Gasteiger partial charge in [0.05, 0.1) is 11.8 Å². The molecule has 1 aliphatic heterocycles. The quantitative estimate of drug-likeness (QED) is 0.772. The highest BCUT2D eigenvalue weighted by Gasteiger charge is 2.36. The van der Waals surface area contributed by atoms with Crippen molar-refractivity contribution in [1.29, 1.82) is 0 Å². The molecule has 2 rings (SSSR count). The van der Waals surface area contributed by atoms with Crippen LogP contribution in [-0.2, 0) is 4.79 Å². The maximum absolute atomic E-state index is 12.6. The smallest absolute Gasteiger partial charge is 0.406 e. The third kappa shape index (κ3) is 4.62. The van der Waals surface area contributed by atoms with Crippen LogP contribution in [0.25, 0.3) is 0 Å². The molecule has 5 nitrogen and oxygen atoms in total. The summed E-state index contributed by atoms with van der Waals surface area (Å²) < 4.78 is 42.6. The van der Waals surface area contributed by atoms with Crippen LogP contribution in [0, 0.1) is 5.92 Å². The first kappa shape index (κ1) is 18.1. The van der Waals surface area contributed by atoms with Crippen molar-refractivity contribution in [2.75, 3.05) is 26.2 Å². The maximum atomic E-state index is 12.6. The fourth-order valence-corrected chi connectivity index (χ4v) is 2.76. The number of halogens is 3. The van der Waals surface area contributed by atoms with Crippen LogP contribution in [0.5, 0.6) is 0 Å². The van der Waals surface area contributed by atoms with Gasteiger partial charge in [-0.05, 0) is 18.9 Å². The molecule has 8 heteroatoms. The van der Waals surface area contributed by atoms with E-state index in [4.69, 9.17) is 4.42 Å². The first-order valence-corrected chi connectivity index (χ1v) is 7.59. The monoisotopic (exact) mass is 344 g/mol. The van der Waals surface area contributed by atoms with E-state index in [1.165, 1.54) is 18.6 Å². The predicted octanol–water partition coefficient (Wildman–Crippen LogP) is 2.71. The van der Waals surface area contributed by atoms with E-state index in [1.807, 2.05) is 0 Å². The van der Waals surface area contributed by atoms with E-state index in [2.05, 4.69) is 6.58 Å². The van der Waals surface area contributed by atoms with Crippen molar-refractivity contribution in [3.63, 3.8) is 0 Å². The SMILES string of the molecule is C=CCN(CC(F)(F)F)C(=O)C1CCN(C(=O)c2ccoc2)CC1. The molecule has 0 N–H and O–H groups in total. The van der Waals surface area contributed by atoms with E-state index < -0.39 is 24.5 Å². The molecule has 0 saturated carbocycles. The average molecular weight is 344 g/mol. The Balaban J connectivity index is 1.93. The van der Waals surface area contributed by atoms with Gasteiger partial charge in [0.2, 0.25) is 5.91 Å². The van der Waals surface area contributed by atoms with E-state index in [0.29, 0.717) is 31.5 Å². The zero-order valence-corrected chi connectivity index (χ0v) is 13.1. The summed E-state index contributed by atoms with van der Waals surface area (Å²) in [7, 11) is 0. The van der Waals surface area contributed by atoms with Crippen molar-refractivity contribution in [2.24, 2.45) is 5.92 Å². The third-order valence-electron chi connectivity index (χ3n) is 3.93. The number of hydrogen-bond donors (Lipinski definition) is 0. The Morgan fingerprint density at radius 2 is 2.04 bits per heavy atom. The largest absolute Gasteiger partial charge is 0.472 e. The number of hydrogen-bond acceptors (Lipinski definition) is 3. The van der Waals surface area contributed by atoms with Crippen LogP contribution in [-0.4, -0.2) is 54.0 Å². The molecule has 0 aliphatic carbocycles. The van der Waals surface area contributed by atoms with Crippen molar-refractivity contribution in [1.82, 2.24) is 9.80 Å². The molecule has 132 valence electrons. The van der Waals surface area contributed by atoms with Gasteiger partial charge < -0.3 is 14.2 Å². The summed E-state index contributed by atoms with van der Waals surface area (Å²) >= 11 is 0. The molecule has 2 amide bonds. The highest BCUT2D eigenvalue weighted by molar-refractivity contribution is 5.94. The first-order valence-electron chi connectivity index (χ1n) is 7.59. The molecule has 0 bridgehead atoms. The Kier molecular flexibility index (Phi) is 5.69. The van der Waals surface area contributed by atoms with E-state index in [9.17, 15) is 22.8 Å². The minimum atomic E-state index is -4.45. The summed E-state index contributed by atoms with van der Waals surface area (Å²) in [6.45, 7) is 2.62. The normalized spacial score (nSPS) is 16.0. The van der Waals surface area contributed by atoms with Gasteiger partial charge in [0, 0.05) is 25.6 Å². The van der Waals surface area contributed by atoms with Gasteiger partial charge in [-0.1, -0.05) is 6.08 Å². The van der Waals surface area contributed by atoms with Gasteiger partial charge in [0.15, 0.2) is 0 Å². The number of piperidine rings is 1. The molecule has 24 heavy (non-hydrogen) atoms. The number of carbonyl (C=O) groups excluding carboxylic acids is 2. The number of rotatable bonds is 5. The minimum absolute atomic E-state index is 0.146. The molecule has 1 aromatic heterocycles. The van der Waals surface area contributed by atoms with E-state index >= 15 is 0 Å². The Morgan fingerprint density at radius 3 is 2.54 bits per heavy atom. The first-order chi connectivity index (χ1) is 11.3. The summed E-state index contributed by atoms with van der Waals surface area (Å²) in [5.74, 6) is -1.25. The Labute approximate surface area is 137 Å². The van der Waals surface area contributed by atoms with Crippen molar-refractivity contribution in [3.8, 4) is 0 Å². The summed E-state index contributed by atoms with van der Waals surface area (Å²) in [6, 6.07) is 1.55. The lowest BCUT2D eigenvalue weighted by Gasteiger charge is -2.34. The Morgan fingerprint density at radius 1 is 1.38 bits per heavy atom. The average Bonchev–Trinajstić information content (AvgIpc) is 3.06. The van der Waals surface area contributed by atoms with Crippen LogP contribution in [0.3, 0.4) is 0 Å².